The lowest BCUT2D eigenvalue weighted by Crippen LogP contribution is -2.32. The Morgan fingerprint density at radius 1 is 1.10 bits per heavy atom. The van der Waals surface area contributed by atoms with Gasteiger partial charge in [0.25, 0.3) is 10.0 Å². The van der Waals surface area contributed by atoms with Gasteiger partial charge in [-0.15, -0.1) is 0 Å². The van der Waals surface area contributed by atoms with Crippen LogP contribution in [0.3, 0.4) is 0 Å². The molecule has 3 aromatic rings. The number of nitriles is 1. The summed E-state index contributed by atoms with van der Waals surface area (Å²) >= 11 is 0. The minimum atomic E-state index is -4.61. The molecule has 0 N–H and O–H groups in total. The average molecular weight is 446 g/mol. The normalized spacial score (nSPS) is 10.9. The molecule has 0 saturated heterocycles. The fraction of sp³-hybridized carbons (Fsp3) is 0.150. The summed E-state index contributed by atoms with van der Waals surface area (Å²) in [4.78, 5) is 6.85. The van der Waals surface area contributed by atoms with Crippen LogP contribution < -0.4 is 13.8 Å². The SMILES string of the molecule is COc1ccc(CN(c2ccncn2)S(=O)(=O)c2cc(C#N)c(F)cc2F)c(OC)c1. The van der Waals surface area contributed by atoms with E-state index in [9.17, 15) is 17.2 Å². The van der Waals surface area contributed by atoms with Crippen molar-refractivity contribution in [2.45, 2.75) is 11.4 Å². The van der Waals surface area contributed by atoms with Crippen molar-refractivity contribution >= 4 is 15.8 Å². The number of rotatable bonds is 7. The largest absolute Gasteiger partial charge is 0.497 e. The van der Waals surface area contributed by atoms with E-state index in [0.717, 1.165) is 10.6 Å². The van der Waals surface area contributed by atoms with Gasteiger partial charge in [-0.3, -0.25) is 0 Å². The lowest BCUT2D eigenvalue weighted by molar-refractivity contribution is 0.391. The van der Waals surface area contributed by atoms with Crippen LogP contribution >= 0.6 is 0 Å². The first-order chi connectivity index (χ1) is 14.8. The molecule has 11 heteroatoms. The molecular weight excluding hydrogens is 430 g/mol. The van der Waals surface area contributed by atoms with Crippen LogP contribution in [0.15, 0.2) is 53.8 Å². The number of anilines is 1. The fourth-order valence-corrected chi connectivity index (χ4v) is 4.26. The molecule has 1 aromatic heterocycles. The topological polar surface area (TPSA) is 105 Å². The number of halogens is 2. The summed E-state index contributed by atoms with van der Waals surface area (Å²) in [5.74, 6) is -1.75. The van der Waals surface area contributed by atoms with E-state index in [1.807, 2.05) is 0 Å². The van der Waals surface area contributed by atoms with E-state index in [1.165, 1.54) is 32.6 Å². The van der Waals surface area contributed by atoms with Gasteiger partial charge in [0.1, 0.15) is 46.2 Å². The first-order valence-electron chi connectivity index (χ1n) is 8.70. The number of benzene rings is 2. The Balaban J connectivity index is 2.17. The summed E-state index contributed by atoms with van der Waals surface area (Å²) in [7, 11) is -1.74. The molecule has 0 unspecified atom stereocenters. The summed E-state index contributed by atoms with van der Waals surface area (Å²) in [6, 6.07) is 8.59. The monoisotopic (exact) mass is 446 g/mol. The van der Waals surface area contributed by atoms with Crippen molar-refractivity contribution < 1.29 is 26.7 Å². The highest BCUT2D eigenvalue weighted by atomic mass is 32.2. The smallest absolute Gasteiger partial charge is 0.268 e. The summed E-state index contributed by atoms with van der Waals surface area (Å²) < 4.78 is 66.3. The number of nitrogens with zero attached hydrogens (tertiary/aromatic N) is 4. The summed E-state index contributed by atoms with van der Waals surface area (Å²) in [6.45, 7) is -0.300. The zero-order chi connectivity index (χ0) is 22.6. The van der Waals surface area contributed by atoms with Gasteiger partial charge in [-0.05, 0) is 18.2 Å². The minimum absolute atomic E-state index is 0.0601. The molecular formula is C20H16F2N4O4S. The lowest BCUT2D eigenvalue weighted by Gasteiger charge is -2.24. The van der Waals surface area contributed by atoms with Gasteiger partial charge in [-0.25, -0.2) is 31.5 Å². The van der Waals surface area contributed by atoms with Gasteiger partial charge in [0, 0.05) is 30.0 Å². The van der Waals surface area contributed by atoms with Crippen LogP contribution in [0.25, 0.3) is 0 Å². The zero-order valence-corrected chi connectivity index (χ0v) is 17.2. The third kappa shape index (κ3) is 4.39. The van der Waals surface area contributed by atoms with Gasteiger partial charge >= 0.3 is 0 Å². The van der Waals surface area contributed by atoms with E-state index < -0.39 is 32.1 Å². The molecule has 160 valence electrons. The standard InChI is InChI=1S/C20H16F2N4O4S/c1-29-15-4-3-13(18(8-15)30-2)11-26(20-5-6-24-12-25-20)31(27,28)19-7-14(10-23)16(21)9-17(19)22/h3-9,12H,11H2,1-2H3. The molecule has 3 rings (SSSR count). The van der Waals surface area contributed by atoms with Crippen LogP contribution in [0.2, 0.25) is 0 Å². The van der Waals surface area contributed by atoms with Crippen LogP contribution in [-0.2, 0) is 16.6 Å². The molecule has 0 aliphatic rings. The Hall–Kier alpha value is -3.78. The summed E-state index contributed by atoms with van der Waals surface area (Å²) in [6.07, 6.45) is 2.45. The number of hydrogen-bond acceptors (Lipinski definition) is 7. The van der Waals surface area contributed by atoms with E-state index in [0.29, 0.717) is 29.2 Å². The van der Waals surface area contributed by atoms with Crippen LogP contribution in [0.4, 0.5) is 14.6 Å². The molecule has 0 atom stereocenters. The van der Waals surface area contributed by atoms with Crippen molar-refractivity contribution in [1.29, 1.82) is 5.26 Å². The molecule has 31 heavy (non-hydrogen) atoms. The van der Waals surface area contributed by atoms with Gasteiger partial charge in [0.2, 0.25) is 0 Å². The van der Waals surface area contributed by atoms with Crippen LogP contribution in [0.5, 0.6) is 11.5 Å². The number of hydrogen-bond donors (Lipinski definition) is 0. The predicted octanol–water partition coefficient (Wildman–Crippen LogP) is 3.04. The van der Waals surface area contributed by atoms with Crippen molar-refractivity contribution in [2.24, 2.45) is 0 Å². The van der Waals surface area contributed by atoms with E-state index >= 15 is 0 Å². The molecule has 1 heterocycles. The number of sulfonamides is 1. The van der Waals surface area contributed by atoms with Crippen molar-refractivity contribution in [3.05, 3.63) is 71.7 Å². The van der Waals surface area contributed by atoms with E-state index in [4.69, 9.17) is 14.7 Å². The number of methoxy groups -OCH3 is 2. The maximum absolute atomic E-state index is 14.5. The molecule has 0 bridgehead atoms. The molecule has 0 radical (unpaired) electrons. The third-order valence-electron chi connectivity index (χ3n) is 4.34. The Bertz CT molecular complexity index is 1250. The second-order valence-electron chi connectivity index (χ2n) is 6.13. The molecule has 0 fully saturated rings. The van der Waals surface area contributed by atoms with Crippen LogP contribution in [0, 0.1) is 23.0 Å². The first kappa shape index (κ1) is 21.9. The third-order valence-corrected chi connectivity index (χ3v) is 6.11. The molecule has 0 aliphatic heterocycles. The van der Waals surface area contributed by atoms with E-state index in [-0.39, 0.29) is 12.4 Å². The van der Waals surface area contributed by atoms with Crippen molar-refractivity contribution in [1.82, 2.24) is 9.97 Å². The van der Waals surface area contributed by atoms with Crippen LogP contribution in [0.1, 0.15) is 11.1 Å². The molecule has 0 aliphatic carbocycles. The highest BCUT2D eigenvalue weighted by molar-refractivity contribution is 7.92. The molecule has 8 nitrogen and oxygen atoms in total. The van der Waals surface area contributed by atoms with E-state index in [2.05, 4.69) is 9.97 Å². The van der Waals surface area contributed by atoms with Gasteiger partial charge in [0.15, 0.2) is 0 Å². The van der Waals surface area contributed by atoms with Crippen molar-refractivity contribution in [3.63, 3.8) is 0 Å². The summed E-state index contributed by atoms with van der Waals surface area (Å²) in [5, 5.41) is 9.04. The molecule has 2 aromatic carbocycles. The maximum atomic E-state index is 14.5. The Morgan fingerprint density at radius 2 is 1.87 bits per heavy atom. The van der Waals surface area contributed by atoms with Crippen molar-refractivity contribution in [3.8, 4) is 17.6 Å². The first-order valence-corrected chi connectivity index (χ1v) is 10.1. The van der Waals surface area contributed by atoms with Gasteiger partial charge < -0.3 is 9.47 Å². The minimum Gasteiger partial charge on any atom is -0.497 e. The fourth-order valence-electron chi connectivity index (χ4n) is 2.79. The zero-order valence-electron chi connectivity index (χ0n) is 16.4. The Morgan fingerprint density at radius 3 is 2.48 bits per heavy atom. The van der Waals surface area contributed by atoms with Gasteiger partial charge in [-0.1, -0.05) is 0 Å². The highest BCUT2D eigenvalue weighted by Crippen LogP contribution is 2.31. The van der Waals surface area contributed by atoms with Gasteiger partial charge in [-0.2, -0.15) is 5.26 Å². The second-order valence-corrected chi connectivity index (χ2v) is 7.96. The molecule has 0 amide bonds. The highest BCUT2D eigenvalue weighted by Gasteiger charge is 2.31. The predicted molar refractivity (Wildman–Crippen MR) is 106 cm³/mol. The second kappa shape index (κ2) is 8.93. The Labute approximate surface area is 177 Å². The lowest BCUT2D eigenvalue weighted by atomic mass is 10.2. The van der Waals surface area contributed by atoms with Gasteiger partial charge in [0.05, 0.1) is 26.3 Å². The van der Waals surface area contributed by atoms with Crippen molar-refractivity contribution in [2.75, 3.05) is 18.5 Å². The van der Waals surface area contributed by atoms with Crippen LogP contribution in [-0.4, -0.2) is 32.6 Å². The average Bonchev–Trinajstić information content (AvgIpc) is 2.77. The number of aromatic nitrogens is 2. The molecule has 0 saturated carbocycles. The number of ether oxygens (including phenoxy) is 2. The van der Waals surface area contributed by atoms with E-state index in [1.54, 1.807) is 18.2 Å². The quantitative estimate of drug-likeness (QED) is 0.549. The summed E-state index contributed by atoms with van der Waals surface area (Å²) in [5.41, 5.74) is -0.182. The Kier molecular flexibility index (Phi) is 6.31. The molecule has 0 spiro atoms. The maximum Gasteiger partial charge on any atom is 0.268 e.